The number of nitrogens with zero attached hydrogens (tertiary/aromatic N) is 4. The van der Waals surface area contributed by atoms with Gasteiger partial charge in [-0.1, -0.05) is 0 Å². The molecule has 6 heteroatoms. The van der Waals surface area contributed by atoms with Crippen molar-refractivity contribution in [3.8, 4) is 0 Å². The van der Waals surface area contributed by atoms with Gasteiger partial charge in [0.1, 0.15) is 6.54 Å². The van der Waals surface area contributed by atoms with Gasteiger partial charge in [0.15, 0.2) is 5.82 Å². The van der Waals surface area contributed by atoms with E-state index in [4.69, 9.17) is 5.73 Å². The third-order valence-corrected chi connectivity index (χ3v) is 2.12. The van der Waals surface area contributed by atoms with Crippen LogP contribution >= 0.6 is 15.9 Å². The number of rotatable bonds is 2. The molecule has 0 atom stereocenters. The molecule has 0 aliphatic rings. The zero-order valence-corrected chi connectivity index (χ0v) is 8.85. The Labute approximate surface area is 89.1 Å². The molecule has 0 saturated heterocycles. The largest absolute Gasteiger partial charge is 0.381 e. The van der Waals surface area contributed by atoms with Gasteiger partial charge >= 0.3 is 0 Å². The fourth-order valence-electron chi connectivity index (χ4n) is 1.03. The Balaban J connectivity index is 2.15. The highest BCUT2D eigenvalue weighted by molar-refractivity contribution is 9.10. The second kappa shape index (κ2) is 3.75. The highest BCUT2D eigenvalue weighted by atomic mass is 79.9. The molecule has 0 unspecified atom stereocenters. The highest BCUT2D eigenvalue weighted by Crippen LogP contribution is 2.07. The first kappa shape index (κ1) is 9.14. The summed E-state index contributed by atoms with van der Waals surface area (Å²) >= 11 is 3.31. The van der Waals surface area contributed by atoms with Crippen molar-refractivity contribution in [2.75, 3.05) is 5.73 Å². The molecule has 0 bridgehead atoms. The van der Waals surface area contributed by atoms with E-state index in [-0.39, 0.29) is 0 Å². The van der Waals surface area contributed by atoms with E-state index in [1.54, 1.807) is 6.20 Å². The minimum atomic E-state index is 0.419. The number of aromatic nitrogens is 4. The lowest BCUT2D eigenvalue weighted by atomic mass is 10.3. The van der Waals surface area contributed by atoms with Crippen molar-refractivity contribution in [1.82, 2.24) is 20.0 Å². The van der Waals surface area contributed by atoms with E-state index in [0.717, 1.165) is 10.2 Å². The smallest absolute Gasteiger partial charge is 0.165 e. The first-order valence-corrected chi connectivity index (χ1v) is 4.79. The van der Waals surface area contributed by atoms with E-state index < -0.39 is 0 Å². The summed E-state index contributed by atoms with van der Waals surface area (Å²) in [5.41, 5.74) is 6.33. The number of hydrogen-bond acceptors (Lipinski definition) is 4. The lowest BCUT2D eigenvalue weighted by molar-refractivity contribution is 0.583. The second-order valence-corrected chi connectivity index (χ2v) is 3.68. The molecule has 0 fully saturated rings. The average Bonchev–Trinajstić information content (AvgIpc) is 2.56. The maximum absolute atomic E-state index is 5.43. The predicted octanol–water partition coefficient (Wildman–Crippen LogP) is 1.07. The summed E-state index contributed by atoms with van der Waals surface area (Å²) in [4.78, 5) is 5.70. The van der Waals surface area contributed by atoms with Gasteiger partial charge in [-0.2, -0.15) is 9.90 Å². The molecule has 14 heavy (non-hydrogen) atoms. The second-order valence-electron chi connectivity index (χ2n) is 2.77. The van der Waals surface area contributed by atoms with Crippen molar-refractivity contribution in [2.24, 2.45) is 0 Å². The number of nitrogen functional groups attached to an aromatic ring is 1. The Bertz CT molecular complexity index is 422. The van der Waals surface area contributed by atoms with Crippen LogP contribution in [0, 0.1) is 0 Å². The summed E-state index contributed by atoms with van der Waals surface area (Å²) in [5.74, 6) is 0.419. The Morgan fingerprint density at radius 1 is 1.36 bits per heavy atom. The van der Waals surface area contributed by atoms with E-state index in [2.05, 4.69) is 31.1 Å². The normalized spacial score (nSPS) is 10.4. The molecule has 2 rings (SSSR count). The molecule has 2 aromatic heterocycles. The van der Waals surface area contributed by atoms with E-state index in [0.29, 0.717) is 12.4 Å². The van der Waals surface area contributed by atoms with Crippen molar-refractivity contribution >= 4 is 21.7 Å². The van der Waals surface area contributed by atoms with Crippen LogP contribution in [0.2, 0.25) is 0 Å². The molecule has 0 aromatic carbocycles. The molecule has 0 saturated carbocycles. The topological polar surface area (TPSA) is 69.6 Å². The molecule has 0 amide bonds. The number of pyridine rings is 1. The first-order chi connectivity index (χ1) is 6.74. The summed E-state index contributed by atoms with van der Waals surface area (Å²) in [5, 5.41) is 7.92. The molecule has 0 spiro atoms. The lowest BCUT2D eigenvalue weighted by Gasteiger charge is -1.98. The minimum Gasteiger partial charge on any atom is -0.381 e. The van der Waals surface area contributed by atoms with Crippen LogP contribution in [0.5, 0.6) is 0 Å². The molecule has 5 nitrogen and oxygen atoms in total. The van der Waals surface area contributed by atoms with E-state index in [9.17, 15) is 0 Å². The number of anilines is 1. The lowest BCUT2D eigenvalue weighted by Crippen LogP contribution is -2.05. The Kier molecular flexibility index (Phi) is 2.45. The Morgan fingerprint density at radius 2 is 2.21 bits per heavy atom. The van der Waals surface area contributed by atoms with E-state index >= 15 is 0 Å². The SMILES string of the molecule is Nc1cnn(Cc2ccc(Br)cn2)n1. The fourth-order valence-corrected chi connectivity index (χ4v) is 1.27. The summed E-state index contributed by atoms with van der Waals surface area (Å²) in [6, 6.07) is 3.83. The van der Waals surface area contributed by atoms with Gasteiger partial charge < -0.3 is 5.73 Å². The summed E-state index contributed by atoms with van der Waals surface area (Å²) < 4.78 is 0.953. The first-order valence-electron chi connectivity index (χ1n) is 4.00. The maximum Gasteiger partial charge on any atom is 0.165 e. The average molecular weight is 254 g/mol. The third kappa shape index (κ3) is 2.08. The van der Waals surface area contributed by atoms with Gasteiger partial charge in [-0.25, -0.2) is 0 Å². The van der Waals surface area contributed by atoms with Gasteiger partial charge in [0.25, 0.3) is 0 Å². The van der Waals surface area contributed by atoms with Crippen molar-refractivity contribution in [1.29, 1.82) is 0 Å². The molecule has 0 aliphatic heterocycles. The van der Waals surface area contributed by atoms with Crippen molar-refractivity contribution in [3.63, 3.8) is 0 Å². The molecule has 0 aliphatic carbocycles. The Morgan fingerprint density at radius 3 is 2.79 bits per heavy atom. The quantitative estimate of drug-likeness (QED) is 0.870. The van der Waals surface area contributed by atoms with Crippen molar-refractivity contribution in [2.45, 2.75) is 6.54 Å². The predicted molar refractivity (Wildman–Crippen MR) is 55.5 cm³/mol. The number of nitrogens with two attached hydrogens (primary N) is 1. The van der Waals surface area contributed by atoms with Gasteiger partial charge in [-0.3, -0.25) is 4.98 Å². The third-order valence-electron chi connectivity index (χ3n) is 1.65. The number of halogens is 1. The molecule has 2 N–H and O–H groups in total. The summed E-state index contributed by atoms with van der Waals surface area (Å²) in [6.07, 6.45) is 3.25. The maximum atomic E-state index is 5.43. The fraction of sp³-hybridized carbons (Fsp3) is 0.125. The molecule has 2 aromatic rings. The highest BCUT2D eigenvalue weighted by Gasteiger charge is 1.99. The van der Waals surface area contributed by atoms with Crippen molar-refractivity contribution in [3.05, 3.63) is 34.7 Å². The van der Waals surface area contributed by atoms with Gasteiger partial charge in [-0.15, -0.1) is 5.10 Å². The standard InChI is InChI=1S/C8H8BrN5/c9-6-1-2-7(11-3-6)5-14-12-4-8(10)13-14/h1-4H,5H2,(H2,10,13). The van der Waals surface area contributed by atoms with Gasteiger partial charge in [0.05, 0.1) is 11.9 Å². The monoisotopic (exact) mass is 253 g/mol. The van der Waals surface area contributed by atoms with Gasteiger partial charge in [-0.05, 0) is 28.1 Å². The zero-order chi connectivity index (χ0) is 9.97. The van der Waals surface area contributed by atoms with Crippen LogP contribution in [0.4, 0.5) is 5.82 Å². The minimum absolute atomic E-state index is 0.419. The molecule has 0 radical (unpaired) electrons. The zero-order valence-electron chi connectivity index (χ0n) is 7.26. The number of hydrogen-bond donors (Lipinski definition) is 1. The summed E-state index contributed by atoms with van der Waals surface area (Å²) in [7, 11) is 0. The van der Waals surface area contributed by atoms with Crippen LogP contribution in [-0.2, 0) is 6.54 Å². The summed E-state index contributed by atoms with van der Waals surface area (Å²) in [6.45, 7) is 0.532. The van der Waals surface area contributed by atoms with Crippen LogP contribution in [0.3, 0.4) is 0 Å². The molecule has 72 valence electrons. The van der Waals surface area contributed by atoms with Gasteiger partial charge in [0, 0.05) is 10.7 Å². The van der Waals surface area contributed by atoms with Crippen LogP contribution < -0.4 is 5.73 Å². The van der Waals surface area contributed by atoms with Crippen LogP contribution in [-0.4, -0.2) is 20.0 Å². The molecule has 2 heterocycles. The van der Waals surface area contributed by atoms with Crippen LogP contribution in [0.25, 0.3) is 0 Å². The van der Waals surface area contributed by atoms with Crippen LogP contribution in [0.1, 0.15) is 5.69 Å². The Hall–Kier alpha value is -1.43. The van der Waals surface area contributed by atoms with Crippen molar-refractivity contribution < 1.29 is 0 Å². The molecular weight excluding hydrogens is 246 g/mol. The van der Waals surface area contributed by atoms with E-state index in [1.807, 2.05) is 12.1 Å². The molecular formula is C8H8BrN5. The van der Waals surface area contributed by atoms with Gasteiger partial charge in [0.2, 0.25) is 0 Å². The van der Waals surface area contributed by atoms with E-state index in [1.165, 1.54) is 11.0 Å². The van der Waals surface area contributed by atoms with Crippen LogP contribution in [0.15, 0.2) is 29.0 Å².